The molecule has 15 heteroatoms. The van der Waals surface area contributed by atoms with Crippen LogP contribution in [0, 0.1) is 18.7 Å². The number of benzene rings is 1. The molecule has 3 N–H and O–H groups in total. The van der Waals surface area contributed by atoms with Gasteiger partial charge in [-0.25, -0.2) is 35.8 Å². The van der Waals surface area contributed by atoms with Crippen molar-refractivity contribution in [3.63, 3.8) is 0 Å². The number of amides is 2. The molecule has 0 unspecified atom stereocenters. The van der Waals surface area contributed by atoms with E-state index in [-0.39, 0.29) is 73.8 Å². The lowest BCUT2D eigenvalue weighted by Crippen LogP contribution is -2.47. The number of alkyl halides is 5. The average Bonchev–Trinajstić information content (AvgIpc) is 3.49. The number of carbonyl (C=O) groups excluding carboxylic acids is 2. The number of rotatable bonds is 6. The topological polar surface area (TPSA) is 109 Å². The van der Waals surface area contributed by atoms with E-state index >= 15 is 4.39 Å². The smallest absolute Gasteiger partial charge is 0.251 e. The SMILES string of the molecule is Cc1cc(F)c(-c2cc(CN3CCC(F)(F)CC3)c3c(N)ncnn23)cc1C(=O)N[C@@H]1CN(C(=O)C2CC(F)(F)C2)C[C@@H]1F. The number of carbonyl (C=O) groups is 2. The Balaban J connectivity index is 1.24. The molecule has 3 aliphatic rings. The van der Waals surface area contributed by atoms with Crippen molar-refractivity contribution in [1.29, 1.82) is 0 Å². The second-order valence-electron chi connectivity index (χ2n) is 12.0. The Kier molecular flexibility index (Phi) is 7.49. The Morgan fingerprint density at radius 3 is 2.45 bits per heavy atom. The summed E-state index contributed by atoms with van der Waals surface area (Å²) in [4.78, 5) is 32.9. The molecule has 3 aromatic rings. The minimum absolute atomic E-state index is 0.00351. The fourth-order valence-electron chi connectivity index (χ4n) is 6.27. The van der Waals surface area contributed by atoms with Crippen LogP contribution in [0.1, 0.15) is 47.2 Å². The molecule has 2 amide bonds. The maximum absolute atomic E-state index is 15.5. The van der Waals surface area contributed by atoms with E-state index in [1.807, 2.05) is 4.90 Å². The molecule has 1 aliphatic carbocycles. The van der Waals surface area contributed by atoms with E-state index in [4.69, 9.17) is 5.73 Å². The number of aryl methyl sites for hydroxylation is 1. The lowest BCUT2D eigenvalue weighted by Gasteiger charge is -2.36. The van der Waals surface area contributed by atoms with E-state index in [1.165, 1.54) is 23.8 Å². The number of hydrogen-bond donors (Lipinski definition) is 2. The summed E-state index contributed by atoms with van der Waals surface area (Å²) in [5.74, 6) is -8.32. The highest BCUT2D eigenvalue weighted by Crippen LogP contribution is 2.43. The van der Waals surface area contributed by atoms with E-state index in [9.17, 15) is 31.5 Å². The number of fused-ring (bicyclic) bond motifs is 1. The molecule has 236 valence electrons. The number of nitrogens with zero attached hydrogens (tertiary/aromatic N) is 5. The molecule has 2 aromatic heterocycles. The lowest BCUT2D eigenvalue weighted by atomic mass is 9.80. The van der Waals surface area contributed by atoms with E-state index in [1.54, 1.807) is 6.07 Å². The van der Waals surface area contributed by atoms with Crippen LogP contribution in [0.5, 0.6) is 0 Å². The van der Waals surface area contributed by atoms with Gasteiger partial charge in [0.2, 0.25) is 11.8 Å². The molecule has 2 aliphatic heterocycles. The predicted molar refractivity (Wildman–Crippen MR) is 147 cm³/mol. The summed E-state index contributed by atoms with van der Waals surface area (Å²) < 4.78 is 85.6. The number of nitrogens with two attached hydrogens (primary N) is 1. The maximum Gasteiger partial charge on any atom is 0.251 e. The van der Waals surface area contributed by atoms with Crippen molar-refractivity contribution in [3.8, 4) is 11.3 Å². The molecule has 0 radical (unpaired) electrons. The van der Waals surface area contributed by atoms with Crippen LogP contribution in [0.2, 0.25) is 0 Å². The van der Waals surface area contributed by atoms with Gasteiger partial charge in [0.05, 0.1) is 18.3 Å². The zero-order valence-electron chi connectivity index (χ0n) is 23.8. The predicted octanol–water partition coefficient (Wildman–Crippen LogP) is 3.98. The Labute approximate surface area is 248 Å². The highest BCUT2D eigenvalue weighted by molar-refractivity contribution is 5.97. The summed E-state index contributed by atoms with van der Waals surface area (Å²) in [6.45, 7) is 1.57. The number of nitrogen functional groups attached to an aromatic ring is 1. The highest BCUT2D eigenvalue weighted by atomic mass is 19.3. The Bertz CT molecular complexity index is 1610. The number of nitrogens with one attached hydrogen (secondary N) is 1. The van der Waals surface area contributed by atoms with Gasteiger partial charge in [-0.3, -0.25) is 14.5 Å². The Morgan fingerprint density at radius 2 is 1.77 bits per heavy atom. The third-order valence-electron chi connectivity index (χ3n) is 8.79. The lowest BCUT2D eigenvalue weighted by molar-refractivity contribution is -0.159. The molecule has 0 bridgehead atoms. The van der Waals surface area contributed by atoms with E-state index in [0.29, 0.717) is 11.1 Å². The number of piperidine rings is 1. The summed E-state index contributed by atoms with van der Waals surface area (Å²) >= 11 is 0. The van der Waals surface area contributed by atoms with Gasteiger partial charge in [0, 0.05) is 68.9 Å². The van der Waals surface area contributed by atoms with Crippen molar-refractivity contribution in [2.45, 2.75) is 63.2 Å². The minimum atomic E-state index is -2.89. The molecule has 44 heavy (non-hydrogen) atoms. The van der Waals surface area contributed by atoms with Crippen LogP contribution < -0.4 is 11.1 Å². The van der Waals surface area contributed by atoms with Crippen molar-refractivity contribution < 1.29 is 35.9 Å². The van der Waals surface area contributed by atoms with Crippen molar-refractivity contribution >= 4 is 23.1 Å². The third-order valence-corrected chi connectivity index (χ3v) is 8.79. The average molecular weight is 624 g/mol. The standard InChI is InChI=1S/C29H31F6N7O2/c1-15-6-20(30)19(8-18(15)26(43)39-22-13-41(12-21(22)31)27(44)17-9-29(34,35)10-17)23-7-16(24-25(36)37-14-38-42(23)24)11-40-4-2-28(32,33)3-5-40/h6-8,14,17,21-22H,2-5,9-13H2,1H3,(H,39,43)(H2,36,37,38)/t21-,22+/m0/s1. The minimum Gasteiger partial charge on any atom is -0.382 e. The van der Waals surface area contributed by atoms with Crippen LogP contribution >= 0.6 is 0 Å². The van der Waals surface area contributed by atoms with E-state index in [2.05, 4.69) is 15.4 Å². The van der Waals surface area contributed by atoms with Crippen LogP contribution in [-0.2, 0) is 11.3 Å². The van der Waals surface area contributed by atoms with Gasteiger partial charge in [-0.2, -0.15) is 5.10 Å². The number of likely N-dealkylation sites (tertiary alicyclic amines) is 2. The quantitative estimate of drug-likeness (QED) is 0.403. The van der Waals surface area contributed by atoms with Crippen LogP contribution in [0.3, 0.4) is 0 Å². The normalized spacial score (nSPS) is 23.6. The maximum atomic E-state index is 15.5. The van der Waals surface area contributed by atoms with E-state index < -0.39 is 60.4 Å². The number of aromatic nitrogens is 3. The highest BCUT2D eigenvalue weighted by Gasteiger charge is 2.51. The molecule has 6 rings (SSSR count). The molecule has 1 aromatic carbocycles. The largest absolute Gasteiger partial charge is 0.382 e. The van der Waals surface area contributed by atoms with Crippen LogP contribution in [0.15, 0.2) is 24.5 Å². The molecule has 4 heterocycles. The molecule has 9 nitrogen and oxygen atoms in total. The Morgan fingerprint density at radius 1 is 1.07 bits per heavy atom. The van der Waals surface area contributed by atoms with Gasteiger partial charge >= 0.3 is 0 Å². The molecule has 1 saturated carbocycles. The summed E-state index contributed by atoms with van der Waals surface area (Å²) in [6.07, 6.45) is -2.15. The van der Waals surface area contributed by atoms with Gasteiger partial charge in [0.25, 0.3) is 11.8 Å². The second-order valence-corrected chi connectivity index (χ2v) is 12.0. The number of hydrogen-bond acceptors (Lipinski definition) is 6. The zero-order valence-corrected chi connectivity index (χ0v) is 23.8. The molecule has 3 fully saturated rings. The van der Waals surface area contributed by atoms with Crippen molar-refractivity contribution in [2.24, 2.45) is 5.92 Å². The van der Waals surface area contributed by atoms with Gasteiger partial charge in [-0.05, 0) is 36.2 Å². The fourth-order valence-corrected chi connectivity index (χ4v) is 6.27. The zero-order chi connectivity index (χ0) is 31.6. The van der Waals surface area contributed by atoms with Gasteiger partial charge in [-0.15, -0.1) is 0 Å². The molecule has 2 saturated heterocycles. The molecule has 2 atom stereocenters. The Hall–Kier alpha value is -3.88. The monoisotopic (exact) mass is 623 g/mol. The summed E-state index contributed by atoms with van der Waals surface area (Å²) in [5.41, 5.74) is 7.68. The van der Waals surface area contributed by atoms with E-state index in [0.717, 1.165) is 11.0 Å². The van der Waals surface area contributed by atoms with Crippen LogP contribution in [0.4, 0.5) is 32.2 Å². The summed E-state index contributed by atoms with van der Waals surface area (Å²) in [5, 5.41) is 6.81. The first-order chi connectivity index (χ1) is 20.7. The summed E-state index contributed by atoms with van der Waals surface area (Å²) in [7, 11) is 0. The van der Waals surface area contributed by atoms with Crippen molar-refractivity contribution in [3.05, 3.63) is 47.0 Å². The van der Waals surface area contributed by atoms with Gasteiger partial charge < -0.3 is 16.0 Å². The van der Waals surface area contributed by atoms with Crippen molar-refractivity contribution in [2.75, 3.05) is 31.9 Å². The first-order valence-electron chi connectivity index (χ1n) is 14.3. The van der Waals surface area contributed by atoms with Crippen molar-refractivity contribution in [1.82, 2.24) is 29.7 Å². The molecular formula is C29H31F6N7O2. The molecule has 0 spiro atoms. The van der Waals surface area contributed by atoms with Crippen LogP contribution in [-0.4, -0.2) is 86.4 Å². The second kappa shape index (κ2) is 10.9. The fraction of sp³-hybridized carbons (Fsp3) is 0.517. The van der Waals surface area contributed by atoms with Crippen LogP contribution in [0.25, 0.3) is 16.8 Å². The number of anilines is 1. The number of halogens is 6. The first kappa shape index (κ1) is 30.2. The molecular weight excluding hydrogens is 592 g/mol. The third kappa shape index (κ3) is 5.69. The first-order valence-corrected chi connectivity index (χ1v) is 14.3. The summed E-state index contributed by atoms with van der Waals surface area (Å²) in [6, 6.07) is 3.02. The van der Waals surface area contributed by atoms with Gasteiger partial charge in [0.1, 0.15) is 23.8 Å². The van der Waals surface area contributed by atoms with Gasteiger partial charge in [0.15, 0.2) is 5.82 Å². The van der Waals surface area contributed by atoms with Gasteiger partial charge in [-0.1, -0.05) is 0 Å².